The number of nitrogens with one attached hydrogen (secondary N) is 2. The number of amidine groups is 1. The van der Waals surface area contributed by atoms with Crippen molar-refractivity contribution in [1.29, 1.82) is 0 Å². The second-order valence-electron chi connectivity index (χ2n) is 7.47. The van der Waals surface area contributed by atoms with Gasteiger partial charge in [-0.1, -0.05) is 13.0 Å². The second-order valence-corrected chi connectivity index (χ2v) is 7.47. The predicted molar refractivity (Wildman–Crippen MR) is 113 cm³/mol. The van der Waals surface area contributed by atoms with E-state index in [0.717, 1.165) is 18.6 Å². The number of pyridine rings is 1. The van der Waals surface area contributed by atoms with Crippen LogP contribution in [-0.4, -0.2) is 49.2 Å². The van der Waals surface area contributed by atoms with E-state index in [9.17, 15) is 18.0 Å². The molecule has 0 saturated carbocycles. The number of carbonyl (C=O) groups excluding carboxylic acids is 1. The van der Waals surface area contributed by atoms with E-state index in [-0.39, 0.29) is 30.0 Å². The van der Waals surface area contributed by atoms with Gasteiger partial charge in [-0.3, -0.25) is 5.32 Å². The lowest BCUT2D eigenvalue weighted by molar-refractivity contribution is -0.137. The van der Waals surface area contributed by atoms with Crippen LogP contribution in [0.15, 0.2) is 35.0 Å². The van der Waals surface area contributed by atoms with Crippen molar-refractivity contribution in [3.8, 4) is 0 Å². The Kier molecular flexibility index (Phi) is 6.99. The largest absolute Gasteiger partial charge is 0.444 e. The molecule has 0 aliphatic carbocycles. The number of hydrogen-bond acceptors (Lipinski definition) is 6. The molecule has 7 nitrogen and oxygen atoms in total. The van der Waals surface area contributed by atoms with Crippen molar-refractivity contribution in [2.75, 3.05) is 31.1 Å². The molecule has 3 rings (SSSR count). The Bertz CT molecular complexity index is 924. The molecule has 1 unspecified atom stereocenters. The smallest absolute Gasteiger partial charge is 0.416 e. The summed E-state index contributed by atoms with van der Waals surface area (Å²) >= 11 is 0. The summed E-state index contributed by atoms with van der Waals surface area (Å²) < 4.78 is 46.0. The number of carbonyl (C=O) groups is 1. The first-order valence-electron chi connectivity index (χ1n) is 10.1. The van der Waals surface area contributed by atoms with Crippen LogP contribution in [0.1, 0.15) is 38.4 Å². The van der Waals surface area contributed by atoms with E-state index >= 15 is 0 Å². The summed E-state index contributed by atoms with van der Waals surface area (Å²) in [7, 11) is 0. The molecule has 1 aromatic rings. The average molecular weight is 437 g/mol. The molecule has 0 radical (unpaired) electrons. The zero-order valence-corrected chi connectivity index (χ0v) is 17.7. The Morgan fingerprint density at radius 1 is 1.42 bits per heavy atom. The monoisotopic (exact) mass is 437 g/mol. The Morgan fingerprint density at radius 2 is 2.19 bits per heavy atom. The van der Waals surface area contributed by atoms with Crippen LogP contribution in [0, 0.1) is 0 Å². The summed E-state index contributed by atoms with van der Waals surface area (Å²) in [5.41, 5.74) is 0.327. The van der Waals surface area contributed by atoms with Crippen LogP contribution >= 0.6 is 0 Å². The number of aromatic nitrogens is 1. The number of alkyl halides is 3. The molecule has 3 heterocycles. The van der Waals surface area contributed by atoms with Gasteiger partial charge >= 0.3 is 12.3 Å². The molecule has 31 heavy (non-hydrogen) atoms. The zero-order chi connectivity index (χ0) is 22.6. The van der Waals surface area contributed by atoms with E-state index in [0.29, 0.717) is 30.8 Å². The number of cyclic esters (lactones) is 1. The van der Waals surface area contributed by atoms with Crippen LogP contribution in [0.3, 0.4) is 0 Å². The number of aliphatic imine (C=N–C) groups is 1. The maximum Gasteiger partial charge on any atom is 0.416 e. The molecule has 0 spiro atoms. The summed E-state index contributed by atoms with van der Waals surface area (Å²) in [6.45, 7) is 7.23. The number of anilines is 1. The van der Waals surface area contributed by atoms with Crippen LogP contribution in [0.2, 0.25) is 0 Å². The first-order chi connectivity index (χ1) is 14.7. The molecule has 1 amide bonds. The fraction of sp³-hybridized carbons (Fsp3) is 0.476. The highest BCUT2D eigenvalue weighted by molar-refractivity contribution is 6.12. The number of amides is 1. The molecule has 2 saturated heterocycles. The fourth-order valence-electron chi connectivity index (χ4n) is 3.37. The van der Waals surface area contributed by atoms with Gasteiger partial charge in [0.1, 0.15) is 18.3 Å². The van der Waals surface area contributed by atoms with Gasteiger partial charge in [0.2, 0.25) is 0 Å². The summed E-state index contributed by atoms with van der Waals surface area (Å²) in [5.74, 6) is 0.512. The maximum atomic E-state index is 13.6. The first kappa shape index (κ1) is 22.8. The summed E-state index contributed by atoms with van der Waals surface area (Å²) in [6.07, 6.45) is -1.09. The Hall–Kier alpha value is -2.88. The highest BCUT2D eigenvalue weighted by atomic mass is 19.4. The van der Waals surface area contributed by atoms with E-state index in [1.165, 1.54) is 0 Å². The standard InChI is InChI=1S/C21H26F3N5O2/c1-4-5-6-26-19-16(12-31-20(30)28-19)14(3)17-9-15(21(22,23)24)10-18(27-17)29-8-7-25-13(2)11-29/h5-6,9-10,13,25H,4,7-8,11-12H2,1-3H3,(H,26,28,30)/b6-5+,16-14+. The van der Waals surface area contributed by atoms with E-state index in [4.69, 9.17) is 4.74 Å². The minimum absolute atomic E-state index is 0.103. The van der Waals surface area contributed by atoms with Gasteiger partial charge in [-0.2, -0.15) is 13.2 Å². The third kappa shape index (κ3) is 5.63. The van der Waals surface area contributed by atoms with Crippen molar-refractivity contribution in [3.63, 3.8) is 0 Å². The topological polar surface area (TPSA) is 78.8 Å². The molecule has 2 aliphatic rings. The second kappa shape index (κ2) is 9.51. The van der Waals surface area contributed by atoms with Crippen LogP contribution in [0.25, 0.3) is 5.57 Å². The number of hydrogen-bond donors (Lipinski definition) is 2. The SMILES string of the molecule is CC/C=C/N=C1\NC(=O)OC\C1=C(\C)c1cc(C(F)(F)F)cc(N2CCNC(C)C2)n1. The first-order valence-corrected chi connectivity index (χ1v) is 10.1. The summed E-state index contributed by atoms with van der Waals surface area (Å²) in [5, 5.41) is 5.79. The van der Waals surface area contributed by atoms with Crippen molar-refractivity contribution in [1.82, 2.24) is 15.6 Å². The third-order valence-corrected chi connectivity index (χ3v) is 5.07. The normalized spacial score (nSPS) is 23.2. The molecule has 2 N–H and O–H groups in total. The van der Waals surface area contributed by atoms with Gasteiger partial charge in [0.15, 0.2) is 0 Å². The molecular formula is C21H26F3N5O2. The highest BCUT2D eigenvalue weighted by Gasteiger charge is 2.33. The molecule has 0 bridgehead atoms. The molecule has 1 atom stereocenters. The van der Waals surface area contributed by atoms with Crippen LogP contribution < -0.4 is 15.5 Å². The van der Waals surface area contributed by atoms with E-state index in [2.05, 4.69) is 20.6 Å². The minimum atomic E-state index is -4.52. The molecule has 0 aromatic carbocycles. The zero-order valence-electron chi connectivity index (χ0n) is 17.7. The molecule has 2 aliphatic heterocycles. The van der Waals surface area contributed by atoms with Crippen molar-refractivity contribution >= 4 is 23.3 Å². The Labute approximate surface area is 179 Å². The number of ether oxygens (including phenoxy) is 1. The Balaban J connectivity index is 2.08. The molecule has 168 valence electrons. The van der Waals surface area contributed by atoms with Gasteiger partial charge in [0.25, 0.3) is 0 Å². The van der Waals surface area contributed by atoms with Crippen LogP contribution in [0.5, 0.6) is 0 Å². The quantitative estimate of drug-likeness (QED) is 0.751. The molecule has 1 aromatic heterocycles. The fourth-order valence-corrected chi connectivity index (χ4v) is 3.37. The predicted octanol–water partition coefficient (Wildman–Crippen LogP) is 3.73. The summed E-state index contributed by atoms with van der Waals surface area (Å²) in [6, 6.07) is 2.24. The molecule has 2 fully saturated rings. The maximum absolute atomic E-state index is 13.6. The average Bonchev–Trinajstić information content (AvgIpc) is 2.73. The third-order valence-electron chi connectivity index (χ3n) is 5.07. The Morgan fingerprint density at radius 3 is 2.87 bits per heavy atom. The van der Waals surface area contributed by atoms with E-state index in [1.807, 2.05) is 18.7 Å². The van der Waals surface area contributed by atoms with Gasteiger partial charge in [0.05, 0.1) is 11.3 Å². The van der Waals surface area contributed by atoms with Crippen molar-refractivity contribution < 1.29 is 22.7 Å². The number of halogens is 3. The summed E-state index contributed by atoms with van der Waals surface area (Å²) in [4.78, 5) is 22.3. The highest BCUT2D eigenvalue weighted by Crippen LogP contribution is 2.34. The van der Waals surface area contributed by atoms with Crippen LogP contribution in [0.4, 0.5) is 23.8 Å². The number of alkyl carbamates (subject to hydrolysis) is 1. The number of allylic oxidation sites excluding steroid dienone is 2. The van der Waals surface area contributed by atoms with Gasteiger partial charge in [-0.15, -0.1) is 0 Å². The van der Waals surface area contributed by atoms with E-state index in [1.54, 1.807) is 19.2 Å². The number of nitrogens with zero attached hydrogens (tertiary/aromatic N) is 3. The number of rotatable bonds is 4. The molecule has 10 heteroatoms. The van der Waals surface area contributed by atoms with Gasteiger partial charge in [-0.25, -0.2) is 14.8 Å². The molecular weight excluding hydrogens is 411 g/mol. The lowest BCUT2D eigenvalue weighted by atomic mass is 10.0. The van der Waals surface area contributed by atoms with Crippen molar-refractivity contribution in [2.45, 2.75) is 39.4 Å². The lowest BCUT2D eigenvalue weighted by Crippen LogP contribution is -2.49. The van der Waals surface area contributed by atoms with Crippen molar-refractivity contribution in [3.05, 3.63) is 41.2 Å². The van der Waals surface area contributed by atoms with Gasteiger partial charge in [-0.05, 0) is 38.0 Å². The van der Waals surface area contributed by atoms with E-state index < -0.39 is 17.8 Å². The van der Waals surface area contributed by atoms with Crippen LogP contribution in [-0.2, 0) is 10.9 Å². The van der Waals surface area contributed by atoms with Gasteiger partial charge < -0.3 is 15.0 Å². The lowest BCUT2D eigenvalue weighted by Gasteiger charge is -2.33. The van der Waals surface area contributed by atoms with Gasteiger partial charge in [0, 0.05) is 37.4 Å². The van der Waals surface area contributed by atoms with Crippen molar-refractivity contribution in [2.24, 2.45) is 4.99 Å². The minimum Gasteiger partial charge on any atom is -0.444 e. The number of piperazine rings is 1.